The van der Waals surface area contributed by atoms with E-state index in [0.29, 0.717) is 5.02 Å². The van der Waals surface area contributed by atoms with E-state index < -0.39 is 11.3 Å². The molecule has 0 saturated carbocycles. The van der Waals surface area contributed by atoms with Crippen LogP contribution >= 0.6 is 11.6 Å². The van der Waals surface area contributed by atoms with Gasteiger partial charge in [-0.1, -0.05) is 151 Å². The predicted molar refractivity (Wildman–Crippen MR) is 191 cm³/mol. The third-order valence-corrected chi connectivity index (χ3v) is 8.74. The highest BCUT2D eigenvalue weighted by atomic mass is 35.5. The van der Waals surface area contributed by atoms with Gasteiger partial charge in [-0.05, 0) is 18.2 Å². The fraction of sp³-hybridized carbons (Fsp3) is 0.0488. The summed E-state index contributed by atoms with van der Waals surface area (Å²) in [4.78, 5) is 27.2. The maximum Gasteiger partial charge on any atom is 0.227 e. The second kappa shape index (κ2) is 11.9. The average molecular weight is 626 g/mol. The van der Waals surface area contributed by atoms with E-state index in [-0.39, 0.29) is 0 Å². The Balaban J connectivity index is 1.53. The standard InChI is InChI=1S/C41H28ClN5/c42-35-25-13-23-33(27-35)40(44-36(29-15-5-1-6-16-29)37(45-40)30-17-7-2-8-18-30)41(34-24-14-26-43-28-34)46-38(31-19-9-3-10-20-31)39(47-41)32-21-11-4-12-22-32/h1-28H. The summed E-state index contributed by atoms with van der Waals surface area (Å²) in [5.41, 5.74) is 5.52. The van der Waals surface area contributed by atoms with Gasteiger partial charge in [-0.3, -0.25) is 4.98 Å². The van der Waals surface area contributed by atoms with Crippen LogP contribution in [0.1, 0.15) is 33.4 Å². The molecule has 0 aliphatic carbocycles. The molecule has 6 heteroatoms. The third-order valence-electron chi connectivity index (χ3n) is 8.51. The van der Waals surface area contributed by atoms with Crippen LogP contribution in [0.3, 0.4) is 0 Å². The molecule has 0 spiro atoms. The van der Waals surface area contributed by atoms with Crippen molar-refractivity contribution in [3.05, 3.63) is 209 Å². The SMILES string of the molecule is Clc1cccc(C2(C3(c4cccnc4)N=C(c4ccccc4)C(c4ccccc4)=N3)N=C(c3ccccc3)C(c3ccccc3)=N2)c1. The Labute approximate surface area is 278 Å². The summed E-state index contributed by atoms with van der Waals surface area (Å²) in [6.07, 6.45) is 3.58. The zero-order valence-electron chi connectivity index (χ0n) is 25.3. The van der Waals surface area contributed by atoms with Gasteiger partial charge in [0.1, 0.15) is 0 Å². The average Bonchev–Trinajstić information content (AvgIpc) is 3.76. The van der Waals surface area contributed by atoms with E-state index in [2.05, 4.69) is 53.5 Å². The topological polar surface area (TPSA) is 62.3 Å². The van der Waals surface area contributed by atoms with Crippen molar-refractivity contribution in [2.45, 2.75) is 11.3 Å². The molecule has 47 heavy (non-hydrogen) atoms. The van der Waals surface area contributed by atoms with Crippen LogP contribution in [0.25, 0.3) is 0 Å². The third kappa shape index (κ3) is 4.93. The van der Waals surface area contributed by atoms with Gasteiger partial charge in [0.25, 0.3) is 0 Å². The van der Waals surface area contributed by atoms with E-state index in [1.165, 1.54) is 0 Å². The Hall–Kier alpha value is -5.78. The van der Waals surface area contributed by atoms with Gasteiger partial charge < -0.3 is 0 Å². The molecule has 224 valence electrons. The summed E-state index contributed by atoms with van der Waals surface area (Å²) < 4.78 is 0. The first-order chi connectivity index (χ1) is 23.2. The van der Waals surface area contributed by atoms with Gasteiger partial charge >= 0.3 is 0 Å². The molecule has 5 nitrogen and oxygen atoms in total. The summed E-state index contributed by atoms with van der Waals surface area (Å²) in [7, 11) is 0. The molecule has 0 atom stereocenters. The number of benzene rings is 5. The van der Waals surface area contributed by atoms with Crippen molar-refractivity contribution in [1.29, 1.82) is 0 Å². The van der Waals surface area contributed by atoms with E-state index in [9.17, 15) is 0 Å². The van der Waals surface area contributed by atoms with E-state index >= 15 is 0 Å². The number of aliphatic imine (C=N–C) groups is 4. The number of aromatic nitrogens is 1. The minimum absolute atomic E-state index is 0.570. The molecule has 0 bridgehead atoms. The van der Waals surface area contributed by atoms with Crippen LogP contribution in [0.5, 0.6) is 0 Å². The Morgan fingerprint density at radius 2 is 0.766 bits per heavy atom. The molecule has 0 saturated heterocycles. The zero-order valence-corrected chi connectivity index (χ0v) is 26.0. The molecular weight excluding hydrogens is 598 g/mol. The van der Waals surface area contributed by atoms with Gasteiger partial charge in [-0.15, -0.1) is 0 Å². The summed E-state index contributed by atoms with van der Waals surface area (Å²) in [6, 6.07) is 52.3. The number of halogens is 1. The van der Waals surface area contributed by atoms with Crippen molar-refractivity contribution in [2.75, 3.05) is 0 Å². The minimum Gasteiger partial charge on any atom is -0.264 e. The number of hydrogen-bond donors (Lipinski definition) is 0. The highest BCUT2D eigenvalue weighted by Crippen LogP contribution is 2.54. The number of nitrogens with zero attached hydrogens (tertiary/aromatic N) is 5. The molecule has 6 aromatic rings. The highest BCUT2D eigenvalue weighted by molar-refractivity contribution is 6.55. The maximum atomic E-state index is 6.76. The van der Waals surface area contributed by atoms with Crippen molar-refractivity contribution >= 4 is 34.4 Å². The summed E-state index contributed by atoms with van der Waals surface area (Å²) in [5, 5.41) is 0.570. The lowest BCUT2D eigenvalue weighted by Crippen LogP contribution is -2.43. The second-order valence-corrected chi connectivity index (χ2v) is 11.8. The lowest BCUT2D eigenvalue weighted by molar-refractivity contribution is 0.256. The molecule has 0 unspecified atom stereocenters. The first kappa shape index (κ1) is 28.7. The van der Waals surface area contributed by atoms with Crippen LogP contribution in [-0.4, -0.2) is 27.8 Å². The van der Waals surface area contributed by atoms with Gasteiger partial charge in [0.15, 0.2) is 0 Å². The van der Waals surface area contributed by atoms with Crippen LogP contribution in [0.2, 0.25) is 5.02 Å². The van der Waals surface area contributed by atoms with Crippen molar-refractivity contribution in [2.24, 2.45) is 20.0 Å². The van der Waals surface area contributed by atoms with E-state index in [0.717, 1.165) is 56.2 Å². The van der Waals surface area contributed by atoms with E-state index in [1.807, 2.05) is 115 Å². The van der Waals surface area contributed by atoms with Crippen LogP contribution in [-0.2, 0) is 11.3 Å². The van der Waals surface area contributed by atoms with Crippen LogP contribution in [0, 0.1) is 0 Å². The molecule has 2 aliphatic rings. The maximum absolute atomic E-state index is 6.76. The van der Waals surface area contributed by atoms with Crippen LogP contribution in [0.15, 0.2) is 190 Å². The predicted octanol–water partition coefficient (Wildman–Crippen LogP) is 8.73. The van der Waals surface area contributed by atoms with Crippen molar-refractivity contribution < 1.29 is 0 Å². The summed E-state index contributed by atoms with van der Waals surface area (Å²) in [6.45, 7) is 0. The first-order valence-corrected chi connectivity index (χ1v) is 15.8. The van der Waals surface area contributed by atoms with Crippen molar-refractivity contribution in [3.63, 3.8) is 0 Å². The van der Waals surface area contributed by atoms with Crippen molar-refractivity contribution in [1.82, 2.24) is 4.98 Å². The highest BCUT2D eigenvalue weighted by Gasteiger charge is 2.60. The Morgan fingerprint density at radius 3 is 1.13 bits per heavy atom. The van der Waals surface area contributed by atoms with Crippen LogP contribution in [0.4, 0.5) is 0 Å². The number of hydrogen-bond acceptors (Lipinski definition) is 5. The van der Waals surface area contributed by atoms with Gasteiger partial charge in [-0.25, -0.2) is 20.0 Å². The Kier molecular flexibility index (Phi) is 7.24. The molecule has 0 N–H and O–H groups in total. The van der Waals surface area contributed by atoms with E-state index in [1.54, 1.807) is 6.20 Å². The van der Waals surface area contributed by atoms with E-state index in [4.69, 9.17) is 31.6 Å². The molecule has 8 rings (SSSR count). The zero-order chi connectivity index (χ0) is 31.7. The summed E-state index contributed by atoms with van der Waals surface area (Å²) >= 11 is 6.76. The fourth-order valence-electron chi connectivity index (χ4n) is 6.35. The molecule has 0 amide bonds. The quantitative estimate of drug-likeness (QED) is 0.175. The number of rotatable bonds is 7. The Morgan fingerprint density at radius 1 is 0.383 bits per heavy atom. The molecule has 0 fully saturated rings. The van der Waals surface area contributed by atoms with Gasteiger partial charge in [0.05, 0.1) is 22.8 Å². The normalized spacial score (nSPS) is 16.2. The van der Waals surface area contributed by atoms with Crippen molar-refractivity contribution in [3.8, 4) is 0 Å². The molecule has 1 aromatic heterocycles. The first-order valence-electron chi connectivity index (χ1n) is 15.5. The smallest absolute Gasteiger partial charge is 0.227 e. The monoisotopic (exact) mass is 625 g/mol. The molecule has 3 heterocycles. The number of pyridine rings is 1. The fourth-order valence-corrected chi connectivity index (χ4v) is 6.54. The second-order valence-electron chi connectivity index (χ2n) is 11.4. The molecule has 5 aromatic carbocycles. The van der Waals surface area contributed by atoms with Crippen LogP contribution < -0.4 is 0 Å². The molecular formula is C41H28ClN5. The molecule has 2 aliphatic heterocycles. The summed E-state index contributed by atoms with van der Waals surface area (Å²) in [5.74, 6) is 0. The van der Waals surface area contributed by atoms with Gasteiger partial charge in [0, 0.05) is 50.8 Å². The molecule has 0 radical (unpaired) electrons. The Bertz CT molecular complexity index is 2070. The minimum atomic E-state index is -1.39. The lowest BCUT2D eigenvalue weighted by Gasteiger charge is -2.38. The lowest BCUT2D eigenvalue weighted by atomic mass is 9.82. The largest absolute Gasteiger partial charge is 0.264 e. The van der Waals surface area contributed by atoms with Gasteiger partial charge in [0.2, 0.25) is 11.3 Å². The van der Waals surface area contributed by atoms with Gasteiger partial charge in [-0.2, -0.15) is 0 Å².